The summed E-state index contributed by atoms with van der Waals surface area (Å²) in [5.41, 5.74) is 4.39. The molecule has 25 heavy (non-hydrogen) atoms. The summed E-state index contributed by atoms with van der Waals surface area (Å²) in [5.74, 6) is 0.778. The van der Waals surface area contributed by atoms with Gasteiger partial charge in [0.05, 0.1) is 5.92 Å². The van der Waals surface area contributed by atoms with E-state index < -0.39 is 0 Å². The maximum absolute atomic E-state index is 13.1. The van der Waals surface area contributed by atoms with E-state index in [1.165, 1.54) is 16.0 Å². The molecule has 3 aromatic rings. The molecule has 0 aliphatic heterocycles. The molecule has 0 aliphatic rings. The highest BCUT2D eigenvalue weighted by Gasteiger charge is 2.22. The van der Waals surface area contributed by atoms with Gasteiger partial charge in [0.25, 0.3) is 0 Å². The monoisotopic (exact) mass is 346 g/mol. The largest absolute Gasteiger partial charge is 0.293 e. The van der Waals surface area contributed by atoms with Crippen LogP contribution in [-0.2, 0) is 0 Å². The number of Topliss-reactive ketones (excluding diaryl/α,β-unsaturated/α-hetero) is 1. The van der Waals surface area contributed by atoms with E-state index in [1.54, 1.807) is 11.8 Å². The van der Waals surface area contributed by atoms with Gasteiger partial charge in [-0.15, -0.1) is 11.8 Å². The van der Waals surface area contributed by atoms with Crippen molar-refractivity contribution >= 4 is 17.5 Å². The number of carbonyl (C=O) groups is 1. The number of hydrogen-bond donors (Lipinski definition) is 0. The van der Waals surface area contributed by atoms with Gasteiger partial charge >= 0.3 is 0 Å². The summed E-state index contributed by atoms with van der Waals surface area (Å²) in [7, 11) is 0. The van der Waals surface area contributed by atoms with E-state index in [1.807, 2.05) is 60.7 Å². The topological polar surface area (TPSA) is 17.1 Å². The van der Waals surface area contributed by atoms with Gasteiger partial charge in [-0.2, -0.15) is 0 Å². The minimum Gasteiger partial charge on any atom is -0.293 e. The zero-order valence-corrected chi connectivity index (χ0v) is 15.4. The summed E-state index contributed by atoms with van der Waals surface area (Å²) < 4.78 is 0. The molecule has 1 nitrogen and oxygen atoms in total. The minimum absolute atomic E-state index is 0.144. The van der Waals surface area contributed by atoms with Gasteiger partial charge in [-0.1, -0.05) is 78.4 Å². The Morgan fingerprint density at radius 3 is 2.16 bits per heavy atom. The highest BCUT2D eigenvalue weighted by molar-refractivity contribution is 7.99. The third-order valence-corrected chi connectivity index (χ3v) is 5.58. The zero-order chi connectivity index (χ0) is 17.6. The zero-order valence-electron chi connectivity index (χ0n) is 14.6. The third kappa shape index (κ3) is 4.40. The summed E-state index contributed by atoms with van der Waals surface area (Å²) >= 11 is 1.76. The lowest BCUT2D eigenvalue weighted by Crippen LogP contribution is -2.15. The van der Waals surface area contributed by atoms with E-state index in [2.05, 4.69) is 32.0 Å². The molecule has 3 rings (SSSR count). The Morgan fingerprint density at radius 2 is 1.52 bits per heavy atom. The van der Waals surface area contributed by atoms with E-state index >= 15 is 0 Å². The molecular weight excluding hydrogens is 324 g/mol. The van der Waals surface area contributed by atoms with Crippen LogP contribution in [0.25, 0.3) is 0 Å². The molecule has 0 N–H and O–H groups in total. The van der Waals surface area contributed by atoms with Crippen molar-refractivity contribution in [1.82, 2.24) is 0 Å². The van der Waals surface area contributed by atoms with Crippen LogP contribution in [0.5, 0.6) is 0 Å². The Balaban J connectivity index is 1.85. The van der Waals surface area contributed by atoms with Crippen molar-refractivity contribution < 1.29 is 4.79 Å². The van der Waals surface area contributed by atoms with E-state index in [4.69, 9.17) is 0 Å². The van der Waals surface area contributed by atoms with Crippen molar-refractivity contribution in [1.29, 1.82) is 0 Å². The van der Waals surface area contributed by atoms with Crippen LogP contribution in [0.15, 0.2) is 83.8 Å². The molecule has 0 bridgehead atoms. The first-order valence-electron chi connectivity index (χ1n) is 8.49. The predicted molar refractivity (Wildman–Crippen MR) is 107 cm³/mol. The summed E-state index contributed by atoms with van der Waals surface area (Å²) in [4.78, 5) is 14.3. The molecular formula is C23H22OS. The number of hydrogen-bond acceptors (Lipinski definition) is 2. The third-order valence-electron chi connectivity index (χ3n) is 4.31. The van der Waals surface area contributed by atoms with Gasteiger partial charge in [0.15, 0.2) is 5.78 Å². The molecule has 0 heterocycles. The van der Waals surface area contributed by atoms with Gasteiger partial charge in [-0.05, 0) is 31.0 Å². The molecule has 0 saturated carbocycles. The molecule has 1 unspecified atom stereocenters. The average Bonchev–Trinajstić information content (AvgIpc) is 2.65. The minimum atomic E-state index is -0.144. The van der Waals surface area contributed by atoms with Crippen LogP contribution in [0.2, 0.25) is 0 Å². The van der Waals surface area contributed by atoms with E-state index in [-0.39, 0.29) is 11.7 Å². The standard InChI is InChI=1S/C23H22OS/c1-17-13-14-22(18(2)15-17)25-16-21(19-9-5-3-6-10-19)23(24)20-11-7-4-8-12-20/h3-15,21H,16H2,1-2H3. The molecule has 3 aromatic carbocycles. The Labute approximate surface area is 154 Å². The smallest absolute Gasteiger partial charge is 0.171 e. The molecule has 0 amide bonds. The normalized spacial score (nSPS) is 11.9. The number of ketones is 1. The van der Waals surface area contributed by atoms with Gasteiger partial charge < -0.3 is 0 Å². The molecule has 2 heteroatoms. The predicted octanol–water partition coefficient (Wildman–Crippen LogP) is 6.06. The van der Waals surface area contributed by atoms with Crippen molar-refractivity contribution in [2.24, 2.45) is 0 Å². The molecule has 0 aliphatic carbocycles. The highest BCUT2D eigenvalue weighted by atomic mass is 32.2. The fraction of sp³-hybridized carbons (Fsp3) is 0.174. The second kappa shape index (κ2) is 8.17. The number of rotatable bonds is 6. The number of carbonyl (C=O) groups excluding carboxylic acids is 1. The van der Waals surface area contributed by atoms with Crippen molar-refractivity contribution in [2.45, 2.75) is 24.7 Å². The molecule has 0 fully saturated rings. The lowest BCUT2D eigenvalue weighted by molar-refractivity contribution is 0.0968. The SMILES string of the molecule is Cc1ccc(SCC(C(=O)c2ccccc2)c2ccccc2)c(C)c1. The fourth-order valence-corrected chi connectivity index (χ4v) is 4.09. The van der Waals surface area contributed by atoms with Crippen LogP contribution in [-0.4, -0.2) is 11.5 Å². The van der Waals surface area contributed by atoms with E-state index in [0.29, 0.717) is 0 Å². The second-order valence-corrected chi connectivity index (χ2v) is 7.34. The van der Waals surface area contributed by atoms with Crippen LogP contribution in [0, 0.1) is 13.8 Å². The number of benzene rings is 3. The maximum Gasteiger partial charge on any atom is 0.171 e. The maximum atomic E-state index is 13.1. The molecule has 0 aromatic heterocycles. The van der Waals surface area contributed by atoms with Crippen LogP contribution < -0.4 is 0 Å². The second-order valence-electron chi connectivity index (χ2n) is 6.27. The quantitative estimate of drug-likeness (QED) is 0.398. The van der Waals surface area contributed by atoms with E-state index in [9.17, 15) is 4.79 Å². The Morgan fingerprint density at radius 1 is 0.880 bits per heavy atom. The molecule has 1 atom stereocenters. The summed E-state index contributed by atoms with van der Waals surface area (Å²) in [6.45, 7) is 4.24. The summed E-state index contributed by atoms with van der Waals surface area (Å²) in [6.07, 6.45) is 0. The summed E-state index contributed by atoms with van der Waals surface area (Å²) in [6, 6.07) is 26.2. The molecule has 0 spiro atoms. The molecule has 126 valence electrons. The van der Waals surface area contributed by atoms with Crippen LogP contribution >= 0.6 is 11.8 Å². The van der Waals surface area contributed by atoms with Gasteiger partial charge in [-0.25, -0.2) is 0 Å². The van der Waals surface area contributed by atoms with Crippen LogP contribution in [0.4, 0.5) is 0 Å². The van der Waals surface area contributed by atoms with Crippen molar-refractivity contribution in [3.8, 4) is 0 Å². The van der Waals surface area contributed by atoms with Crippen LogP contribution in [0.1, 0.15) is 33.0 Å². The fourth-order valence-electron chi connectivity index (χ4n) is 2.95. The van der Waals surface area contributed by atoms with Gasteiger partial charge in [0.1, 0.15) is 0 Å². The van der Waals surface area contributed by atoms with Gasteiger partial charge in [-0.3, -0.25) is 4.79 Å². The molecule has 0 radical (unpaired) electrons. The van der Waals surface area contributed by atoms with Gasteiger partial charge in [0.2, 0.25) is 0 Å². The van der Waals surface area contributed by atoms with Crippen LogP contribution in [0.3, 0.4) is 0 Å². The van der Waals surface area contributed by atoms with Gasteiger partial charge in [0, 0.05) is 16.2 Å². The lowest BCUT2D eigenvalue weighted by atomic mass is 9.92. The lowest BCUT2D eigenvalue weighted by Gasteiger charge is -2.17. The van der Waals surface area contributed by atoms with Crippen molar-refractivity contribution in [3.05, 3.63) is 101 Å². The highest BCUT2D eigenvalue weighted by Crippen LogP contribution is 2.31. The number of thioether (sulfide) groups is 1. The van der Waals surface area contributed by atoms with Crippen molar-refractivity contribution in [3.63, 3.8) is 0 Å². The first-order valence-corrected chi connectivity index (χ1v) is 9.48. The Kier molecular flexibility index (Phi) is 5.72. The Bertz CT molecular complexity index is 840. The Hall–Kier alpha value is -2.32. The first kappa shape index (κ1) is 17.5. The average molecular weight is 346 g/mol. The number of aryl methyl sites for hydroxylation is 2. The van der Waals surface area contributed by atoms with E-state index in [0.717, 1.165) is 16.9 Å². The first-order chi connectivity index (χ1) is 12.1. The molecule has 0 saturated heterocycles. The summed E-state index contributed by atoms with van der Waals surface area (Å²) in [5, 5.41) is 0. The van der Waals surface area contributed by atoms with Crippen molar-refractivity contribution in [2.75, 3.05) is 5.75 Å².